The highest BCUT2D eigenvalue weighted by molar-refractivity contribution is 6.12. The highest BCUT2D eigenvalue weighted by Gasteiger charge is 2.72. The van der Waals surface area contributed by atoms with Crippen LogP contribution >= 0.6 is 0 Å². The molecule has 5 heteroatoms. The monoisotopic (exact) mass is 286 g/mol. The first-order chi connectivity index (χ1) is 10.1. The fourth-order valence-corrected chi connectivity index (χ4v) is 3.56. The summed E-state index contributed by atoms with van der Waals surface area (Å²) >= 11 is 0. The lowest BCUT2D eigenvalue weighted by atomic mass is 9.95. The van der Waals surface area contributed by atoms with Crippen molar-refractivity contribution >= 4 is 17.5 Å². The number of epoxide rings is 1. The lowest BCUT2D eigenvalue weighted by Gasteiger charge is -2.14. The second kappa shape index (κ2) is 4.07. The van der Waals surface area contributed by atoms with E-state index >= 15 is 0 Å². The van der Waals surface area contributed by atoms with Gasteiger partial charge in [-0.2, -0.15) is 0 Å². The van der Waals surface area contributed by atoms with Crippen LogP contribution in [0.15, 0.2) is 18.2 Å². The zero-order valence-corrected chi connectivity index (χ0v) is 12.3. The molecule has 0 bridgehead atoms. The number of aryl methyl sites for hydroxylation is 1. The molecule has 0 aliphatic carbocycles. The number of amides is 2. The Morgan fingerprint density at radius 3 is 2.76 bits per heavy atom. The van der Waals surface area contributed by atoms with E-state index < -0.39 is 11.7 Å². The van der Waals surface area contributed by atoms with Gasteiger partial charge < -0.3 is 14.5 Å². The van der Waals surface area contributed by atoms with Gasteiger partial charge in [-0.25, -0.2) is 0 Å². The topological polar surface area (TPSA) is 53.2 Å². The number of carbonyl (C=O) groups is 2. The molecule has 0 radical (unpaired) electrons. The van der Waals surface area contributed by atoms with Gasteiger partial charge in [0.05, 0.1) is 5.69 Å². The Bertz CT molecular complexity index is 651. The van der Waals surface area contributed by atoms with Crippen molar-refractivity contribution in [1.29, 1.82) is 0 Å². The normalized spacial score (nSPS) is 30.2. The van der Waals surface area contributed by atoms with E-state index in [0.717, 1.165) is 42.7 Å². The Balaban J connectivity index is 1.72. The van der Waals surface area contributed by atoms with Crippen LogP contribution in [0.4, 0.5) is 5.69 Å². The molecule has 4 rings (SSSR count). The lowest BCUT2D eigenvalue weighted by molar-refractivity contribution is -0.132. The van der Waals surface area contributed by atoms with Crippen LogP contribution in [0.3, 0.4) is 0 Å². The Labute approximate surface area is 123 Å². The third-order valence-corrected chi connectivity index (χ3v) is 4.79. The van der Waals surface area contributed by atoms with E-state index in [1.54, 1.807) is 11.9 Å². The van der Waals surface area contributed by atoms with Gasteiger partial charge in [0.15, 0.2) is 6.10 Å². The van der Waals surface area contributed by atoms with E-state index in [0.29, 0.717) is 0 Å². The highest BCUT2D eigenvalue weighted by atomic mass is 16.6. The molecule has 0 aromatic heterocycles. The molecule has 110 valence electrons. The van der Waals surface area contributed by atoms with Gasteiger partial charge in [-0.1, -0.05) is 17.7 Å². The molecular formula is C16H18N2O3. The maximum Gasteiger partial charge on any atom is 0.267 e. The maximum absolute atomic E-state index is 12.6. The van der Waals surface area contributed by atoms with Crippen LogP contribution in [0.1, 0.15) is 24.0 Å². The number of ether oxygens (including phenoxy) is 1. The summed E-state index contributed by atoms with van der Waals surface area (Å²) in [6.45, 7) is 3.54. The molecule has 0 saturated carbocycles. The zero-order valence-electron chi connectivity index (χ0n) is 12.3. The molecule has 2 atom stereocenters. The first-order valence-corrected chi connectivity index (χ1v) is 7.41. The molecule has 2 saturated heterocycles. The van der Waals surface area contributed by atoms with Crippen molar-refractivity contribution in [2.45, 2.75) is 31.5 Å². The van der Waals surface area contributed by atoms with Crippen molar-refractivity contribution in [2.75, 3.05) is 25.0 Å². The SMILES string of the molecule is Cc1ccc2c(c1)[C@]1(O[C@H]1C(=O)N1CCCC1)C(=O)N2C. The van der Waals surface area contributed by atoms with Gasteiger partial charge in [-0.05, 0) is 25.8 Å². The van der Waals surface area contributed by atoms with Crippen molar-refractivity contribution in [2.24, 2.45) is 0 Å². The fourth-order valence-electron chi connectivity index (χ4n) is 3.56. The molecule has 0 unspecified atom stereocenters. The molecule has 1 aromatic carbocycles. The summed E-state index contributed by atoms with van der Waals surface area (Å²) in [5.74, 6) is -0.163. The smallest absolute Gasteiger partial charge is 0.267 e. The van der Waals surface area contributed by atoms with Crippen LogP contribution in [0.5, 0.6) is 0 Å². The lowest BCUT2D eigenvalue weighted by Crippen LogP contribution is -2.38. The number of hydrogen-bond acceptors (Lipinski definition) is 3. The molecule has 2 fully saturated rings. The molecule has 1 aromatic rings. The van der Waals surface area contributed by atoms with Crippen molar-refractivity contribution in [3.05, 3.63) is 29.3 Å². The van der Waals surface area contributed by atoms with Crippen LogP contribution in [-0.2, 0) is 19.9 Å². The Hall–Kier alpha value is -1.88. The molecule has 5 nitrogen and oxygen atoms in total. The molecule has 3 aliphatic rings. The summed E-state index contributed by atoms with van der Waals surface area (Å²) in [6, 6.07) is 5.87. The number of likely N-dealkylation sites (tertiary alicyclic amines) is 1. The van der Waals surface area contributed by atoms with Crippen molar-refractivity contribution in [1.82, 2.24) is 4.90 Å². The standard InChI is InChI=1S/C16H18N2O3/c1-10-5-6-12-11(9-10)16(15(20)17(12)2)13(21-16)14(19)18-7-3-4-8-18/h5-6,9,13H,3-4,7-8H2,1-2H3/t13-,16+/m0/s1. The minimum Gasteiger partial charge on any atom is -0.340 e. The largest absolute Gasteiger partial charge is 0.340 e. The van der Waals surface area contributed by atoms with Crippen LogP contribution in [0, 0.1) is 6.92 Å². The van der Waals surface area contributed by atoms with Crippen LogP contribution in [0.2, 0.25) is 0 Å². The summed E-state index contributed by atoms with van der Waals surface area (Å²) in [5, 5.41) is 0. The van der Waals surface area contributed by atoms with E-state index in [2.05, 4.69) is 0 Å². The quantitative estimate of drug-likeness (QED) is 0.729. The van der Waals surface area contributed by atoms with Crippen molar-refractivity contribution < 1.29 is 14.3 Å². The molecule has 2 amide bonds. The summed E-state index contributed by atoms with van der Waals surface area (Å²) in [5.41, 5.74) is 1.70. The number of carbonyl (C=O) groups excluding carboxylic acids is 2. The minimum absolute atomic E-state index is 0.0383. The molecule has 3 heterocycles. The number of hydrogen-bond donors (Lipinski definition) is 0. The zero-order chi connectivity index (χ0) is 14.8. The van der Waals surface area contributed by atoms with Gasteiger partial charge in [0.2, 0.25) is 5.60 Å². The number of fused-ring (bicyclic) bond motifs is 2. The summed E-state index contributed by atoms with van der Waals surface area (Å²) in [7, 11) is 1.74. The molecule has 21 heavy (non-hydrogen) atoms. The van der Waals surface area contributed by atoms with E-state index in [1.165, 1.54) is 0 Å². The summed E-state index contributed by atoms with van der Waals surface area (Å²) in [4.78, 5) is 28.6. The maximum atomic E-state index is 12.6. The van der Waals surface area contributed by atoms with E-state index in [-0.39, 0.29) is 11.8 Å². The van der Waals surface area contributed by atoms with Crippen LogP contribution in [-0.4, -0.2) is 43.0 Å². The predicted octanol–water partition coefficient (Wildman–Crippen LogP) is 1.19. The van der Waals surface area contributed by atoms with Gasteiger partial charge in [-0.15, -0.1) is 0 Å². The van der Waals surface area contributed by atoms with E-state index in [9.17, 15) is 9.59 Å². The minimum atomic E-state index is -1.06. The Morgan fingerprint density at radius 1 is 1.33 bits per heavy atom. The third kappa shape index (κ3) is 1.55. The first-order valence-electron chi connectivity index (χ1n) is 7.41. The summed E-state index contributed by atoms with van der Waals surface area (Å²) < 4.78 is 5.72. The third-order valence-electron chi connectivity index (χ3n) is 4.79. The van der Waals surface area contributed by atoms with Crippen molar-refractivity contribution in [3.63, 3.8) is 0 Å². The molecule has 1 spiro atoms. The van der Waals surface area contributed by atoms with Gasteiger partial charge in [-0.3, -0.25) is 9.59 Å². The fraction of sp³-hybridized carbons (Fsp3) is 0.500. The Kier molecular flexibility index (Phi) is 2.49. The van der Waals surface area contributed by atoms with Gasteiger partial charge in [0.1, 0.15) is 0 Å². The highest BCUT2D eigenvalue weighted by Crippen LogP contribution is 2.56. The van der Waals surface area contributed by atoms with Crippen LogP contribution in [0.25, 0.3) is 0 Å². The second-order valence-corrected chi connectivity index (χ2v) is 6.15. The average Bonchev–Trinajstić information content (AvgIpc) is 2.91. The predicted molar refractivity (Wildman–Crippen MR) is 77.0 cm³/mol. The van der Waals surface area contributed by atoms with E-state index in [4.69, 9.17) is 4.74 Å². The van der Waals surface area contributed by atoms with Gasteiger partial charge in [0, 0.05) is 25.7 Å². The number of nitrogens with zero attached hydrogens (tertiary/aromatic N) is 2. The summed E-state index contributed by atoms with van der Waals surface area (Å²) in [6.07, 6.45) is 1.43. The molecule has 3 aliphatic heterocycles. The van der Waals surface area contributed by atoms with E-state index in [1.807, 2.05) is 30.0 Å². The number of likely N-dealkylation sites (N-methyl/N-ethyl adjacent to an activating group) is 1. The van der Waals surface area contributed by atoms with Gasteiger partial charge in [0.25, 0.3) is 11.8 Å². The van der Waals surface area contributed by atoms with Gasteiger partial charge >= 0.3 is 0 Å². The van der Waals surface area contributed by atoms with Crippen LogP contribution < -0.4 is 4.90 Å². The number of anilines is 1. The molecule has 0 N–H and O–H groups in total. The Morgan fingerprint density at radius 2 is 2.05 bits per heavy atom. The molecular weight excluding hydrogens is 268 g/mol. The average molecular weight is 286 g/mol. The second-order valence-electron chi connectivity index (χ2n) is 6.15. The number of rotatable bonds is 1. The van der Waals surface area contributed by atoms with Crippen molar-refractivity contribution in [3.8, 4) is 0 Å². The first kappa shape index (κ1) is 12.8. The number of benzene rings is 1.